The molecule has 0 unspecified atom stereocenters. The van der Waals surface area contributed by atoms with Crippen molar-refractivity contribution in [3.8, 4) is 5.69 Å². The van der Waals surface area contributed by atoms with Crippen molar-refractivity contribution in [1.29, 1.82) is 0 Å². The van der Waals surface area contributed by atoms with Gasteiger partial charge in [-0.05, 0) is 60.9 Å². The average Bonchev–Trinajstić information content (AvgIpc) is 2.80. The second-order valence-corrected chi connectivity index (χ2v) is 8.73. The summed E-state index contributed by atoms with van der Waals surface area (Å²) in [4.78, 5) is 39.7. The first-order valence-electron chi connectivity index (χ1n) is 10.7. The third-order valence-electron chi connectivity index (χ3n) is 5.91. The first-order chi connectivity index (χ1) is 16.2. The van der Waals surface area contributed by atoms with E-state index in [1.807, 2.05) is 6.92 Å². The van der Waals surface area contributed by atoms with Crippen LogP contribution in [0.4, 0.5) is 9.18 Å². The van der Waals surface area contributed by atoms with Crippen LogP contribution in [0, 0.1) is 19.7 Å². The molecule has 1 atom stereocenters. The van der Waals surface area contributed by atoms with Crippen LogP contribution in [0.3, 0.4) is 0 Å². The SMILES string of the molecule is Cc1cc(Cl)c(-n2cccc(C)c2=O)cc1CC(=O)C1=CN(C)C(=O)N[C@H]1c1ccc(F)cc1. The fraction of sp³-hybridized carbons (Fsp3) is 0.192. The van der Waals surface area contributed by atoms with Gasteiger partial charge in [0.25, 0.3) is 5.56 Å². The molecule has 174 valence electrons. The van der Waals surface area contributed by atoms with Crippen LogP contribution in [0.2, 0.25) is 5.02 Å². The number of hydrogen-bond acceptors (Lipinski definition) is 3. The van der Waals surface area contributed by atoms with E-state index in [0.717, 1.165) is 5.56 Å². The van der Waals surface area contributed by atoms with Gasteiger partial charge in [0, 0.05) is 37.0 Å². The molecule has 0 saturated heterocycles. The number of amides is 2. The minimum atomic E-state index is -0.705. The summed E-state index contributed by atoms with van der Waals surface area (Å²) in [5.74, 6) is -0.621. The van der Waals surface area contributed by atoms with E-state index in [9.17, 15) is 18.8 Å². The zero-order valence-corrected chi connectivity index (χ0v) is 19.7. The van der Waals surface area contributed by atoms with Crippen molar-refractivity contribution in [1.82, 2.24) is 14.8 Å². The molecule has 3 aromatic rings. The second kappa shape index (κ2) is 9.27. The molecule has 6 nitrogen and oxygen atoms in total. The molecule has 1 aliphatic rings. The van der Waals surface area contributed by atoms with Crippen molar-refractivity contribution < 1.29 is 14.0 Å². The summed E-state index contributed by atoms with van der Waals surface area (Å²) in [6, 6.07) is 11.6. The lowest BCUT2D eigenvalue weighted by molar-refractivity contribution is -0.115. The normalized spacial score (nSPS) is 15.7. The van der Waals surface area contributed by atoms with Gasteiger partial charge in [-0.3, -0.25) is 14.2 Å². The Morgan fingerprint density at radius 1 is 1.09 bits per heavy atom. The summed E-state index contributed by atoms with van der Waals surface area (Å²) in [6.07, 6.45) is 3.17. The molecule has 2 heterocycles. The number of aryl methyl sites for hydroxylation is 2. The molecule has 1 N–H and O–H groups in total. The monoisotopic (exact) mass is 479 g/mol. The summed E-state index contributed by atoms with van der Waals surface area (Å²) in [6.45, 7) is 3.57. The number of aromatic nitrogens is 1. The van der Waals surface area contributed by atoms with E-state index in [1.165, 1.54) is 27.8 Å². The van der Waals surface area contributed by atoms with E-state index in [4.69, 9.17) is 11.6 Å². The predicted molar refractivity (Wildman–Crippen MR) is 129 cm³/mol. The van der Waals surface area contributed by atoms with E-state index in [2.05, 4.69) is 5.32 Å². The van der Waals surface area contributed by atoms with Gasteiger partial charge in [0.2, 0.25) is 0 Å². The maximum atomic E-state index is 13.5. The Bertz CT molecular complexity index is 1380. The van der Waals surface area contributed by atoms with E-state index in [-0.39, 0.29) is 23.8 Å². The fourth-order valence-corrected chi connectivity index (χ4v) is 4.25. The largest absolute Gasteiger partial charge is 0.327 e. The van der Waals surface area contributed by atoms with Gasteiger partial charge in [-0.1, -0.05) is 29.8 Å². The molecule has 0 aliphatic carbocycles. The first kappa shape index (κ1) is 23.4. The number of pyridine rings is 1. The third-order valence-corrected chi connectivity index (χ3v) is 6.21. The van der Waals surface area contributed by atoms with E-state index >= 15 is 0 Å². The summed E-state index contributed by atoms with van der Waals surface area (Å²) >= 11 is 6.46. The topological polar surface area (TPSA) is 71.4 Å². The minimum absolute atomic E-state index is 0.0316. The molecule has 8 heteroatoms. The number of carbonyl (C=O) groups is 2. The number of rotatable bonds is 5. The van der Waals surface area contributed by atoms with Crippen molar-refractivity contribution in [2.75, 3.05) is 7.05 Å². The number of hydrogen-bond donors (Lipinski definition) is 1. The molecule has 0 radical (unpaired) electrons. The zero-order valence-electron chi connectivity index (χ0n) is 18.9. The molecule has 2 amide bonds. The van der Waals surface area contributed by atoms with Crippen molar-refractivity contribution in [2.24, 2.45) is 0 Å². The summed E-state index contributed by atoms with van der Waals surface area (Å²) < 4.78 is 14.9. The maximum Gasteiger partial charge on any atom is 0.321 e. The van der Waals surface area contributed by atoms with E-state index in [0.29, 0.717) is 33.0 Å². The van der Waals surface area contributed by atoms with Crippen LogP contribution in [0.25, 0.3) is 5.69 Å². The second-order valence-electron chi connectivity index (χ2n) is 8.33. The van der Waals surface area contributed by atoms with Crippen LogP contribution < -0.4 is 10.9 Å². The Labute approximate surface area is 201 Å². The van der Waals surface area contributed by atoms with Crippen molar-refractivity contribution >= 4 is 23.4 Å². The highest BCUT2D eigenvalue weighted by Crippen LogP contribution is 2.30. The smallest absolute Gasteiger partial charge is 0.321 e. The molecule has 1 aromatic heterocycles. The summed E-state index contributed by atoms with van der Waals surface area (Å²) in [7, 11) is 1.55. The third kappa shape index (κ3) is 4.52. The maximum absolute atomic E-state index is 13.5. The Balaban J connectivity index is 1.71. The molecule has 0 spiro atoms. The van der Waals surface area contributed by atoms with Crippen molar-refractivity contribution in [3.05, 3.63) is 110 Å². The van der Waals surface area contributed by atoms with Gasteiger partial charge >= 0.3 is 6.03 Å². The highest BCUT2D eigenvalue weighted by molar-refractivity contribution is 6.32. The van der Waals surface area contributed by atoms with Crippen LogP contribution >= 0.6 is 11.6 Å². The molecule has 34 heavy (non-hydrogen) atoms. The molecule has 0 saturated carbocycles. The lowest BCUT2D eigenvalue weighted by Gasteiger charge is -2.30. The van der Waals surface area contributed by atoms with Crippen LogP contribution in [-0.2, 0) is 11.2 Å². The molecular weight excluding hydrogens is 457 g/mol. The Morgan fingerprint density at radius 2 is 1.79 bits per heavy atom. The lowest BCUT2D eigenvalue weighted by Crippen LogP contribution is -2.43. The summed E-state index contributed by atoms with van der Waals surface area (Å²) in [5.41, 5.74) is 3.35. The summed E-state index contributed by atoms with van der Waals surface area (Å²) in [5, 5.41) is 3.20. The van der Waals surface area contributed by atoms with Crippen LogP contribution in [0.1, 0.15) is 28.3 Å². The Hall–Kier alpha value is -3.71. The number of ketones is 1. The molecule has 4 rings (SSSR count). The number of nitrogens with one attached hydrogen (secondary N) is 1. The van der Waals surface area contributed by atoms with Crippen LogP contribution in [-0.4, -0.2) is 28.3 Å². The van der Waals surface area contributed by atoms with Crippen LogP contribution in [0.15, 0.2) is 71.3 Å². The van der Waals surface area contributed by atoms with Gasteiger partial charge in [-0.2, -0.15) is 0 Å². The van der Waals surface area contributed by atoms with Crippen molar-refractivity contribution in [3.63, 3.8) is 0 Å². The average molecular weight is 480 g/mol. The van der Waals surface area contributed by atoms with Gasteiger partial charge in [-0.25, -0.2) is 9.18 Å². The number of carbonyl (C=O) groups excluding carboxylic acids is 2. The van der Waals surface area contributed by atoms with E-state index in [1.54, 1.807) is 56.6 Å². The molecule has 1 aliphatic heterocycles. The molecule has 0 bridgehead atoms. The van der Waals surface area contributed by atoms with Crippen molar-refractivity contribution in [2.45, 2.75) is 26.3 Å². The van der Waals surface area contributed by atoms with Gasteiger partial charge in [0.05, 0.1) is 16.8 Å². The quantitative estimate of drug-likeness (QED) is 0.579. The zero-order chi connectivity index (χ0) is 24.6. The Kier molecular flexibility index (Phi) is 6.39. The lowest BCUT2D eigenvalue weighted by atomic mass is 9.91. The highest BCUT2D eigenvalue weighted by atomic mass is 35.5. The predicted octanol–water partition coefficient (Wildman–Crippen LogP) is 4.64. The number of halogens is 2. The van der Waals surface area contributed by atoms with Crippen LogP contribution in [0.5, 0.6) is 0 Å². The van der Waals surface area contributed by atoms with Gasteiger partial charge < -0.3 is 10.2 Å². The fourth-order valence-electron chi connectivity index (χ4n) is 3.94. The van der Waals surface area contributed by atoms with E-state index < -0.39 is 11.9 Å². The van der Waals surface area contributed by atoms with Gasteiger partial charge in [-0.15, -0.1) is 0 Å². The minimum Gasteiger partial charge on any atom is -0.327 e. The standard InChI is InChI=1S/C26H23ClFN3O3/c1-15-5-4-10-31(25(15)33)22-12-18(16(2)11-21(22)27)13-23(32)20-14-30(3)26(34)29-24(20)17-6-8-19(28)9-7-17/h4-12,14,24H,13H2,1-3H3,(H,29,34)/t24-/m0/s1. The highest BCUT2D eigenvalue weighted by Gasteiger charge is 2.30. The molecular formula is C26H23ClFN3O3. The number of benzene rings is 2. The Morgan fingerprint density at radius 3 is 2.50 bits per heavy atom. The molecule has 0 fully saturated rings. The number of urea groups is 1. The van der Waals surface area contributed by atoms with Gasteiger partial charge in [0.1, 0.15) is 5.82 Å². The number of Topliss-reactive ketones (excluding diaryl/α,β-unsaturated/α-hetero) is 1. The molecule has 2 aromatic carbocycles. The number of nitrogens with zero attached hydrogens (tertiary/aromatic N) is 2. The van der Waals surface area contributed by atoms with Gasteiger partial charge in [0.15, 0.2) is 5.78 Å². The first-order valence-corrected chi connectivity index (χ1v) is 11.0.